The number of nitrogens with one attached hydrogen (secondary N) is 2. The smallest absolute Gasteiger partial charge is 0.226 e. The van der Waals surface area contributed by atoms with Gasteiger partial charge in [0, 0.05) is 32.0 Å². The van der Waals surface area contributed by atoms with Crippen molar-refractivity contribution in [2.75, 3.05) is 13.7 Å². The van der Waals surface area contributed by atoms with Crippen LogP contribution in [0.25, 0.3) is 0 Å². The minimum atomic E-state index is -0.129. The van der Waals surface area contributed by atoms with Crippen molar-refractivity contribution in [1.82, 2.24) is 15.6 Å². The van der Waals surface area contributed by atoms with Gasteiger partial charge in [-0.25, -0.2) is 0 Å². The molecule has 2 aromatic rings. The van der Waals surface area contributed by atoms with Crippen LogP contribution in [-0.2, 0) is 22.5 Å². The van der Waals surface area contributed by atoms with Gasteiger partial charge < -0.3 is 15.4 Å². The van der Waals surface area contributed by atoms with Gasteiger partial charge in [0.05, 0.1) is 24.3 Å². The Bertz CT molecular complexity index is 845. The number of hydrogen-bond donors (Lipinski definition) is 2. The molecule has 2 N–H and O–H groups in total. The summed E-state index contributed by atoms with van der Waals surface area (Å²) < 4.78 is 5.85. The predicted octanol–water partition coefficient (Wildman–Crippen LogP) is 2.14. The van der Waals surface area contributed by atoms with Gasteiger partial charge in [-0.2, -0.15) is 0 Å². The molecule has 1 amide bonds. The molecule has 1 fully saturated rings. The molecule has 4 rings (SSSR count). The molecule has 0 bridgehead atoms. The lowest BCUT2D eigenvalue weighted by Crippen LogP contribution is -2.37. The van der Waals surface area contributed by atoms with Gasteiger partial charge in [-0.05, 0) is 30.0 Å². The van der Waals surface area contributed by atoms with E-state index in [1.54, 1.807) is 13.2 Å². The second kappa shape index (κ2) is 7.88. The molecule has 0 unspecified atom stereocenters. The number of carbonyl (C=O) groups is 1. The standard InChI is InChI=1S/C21H24N4O2/c1-22-21-17-13-23-16(10-15(17)12-24-21)11-19(26)25-20(18-8-5-9-27-18)14-6-3-2-4-7-14/h2-4,6-7,10,13,18,20H,5,8-9,11-12H2,1H3,(H,22,24)(H,25,26)/t18-,20-/m0/s1. The van der Waals surface area contributed by atoms with Crippen molar-refractivity contribution in [3.05, 3.63) is 65.0 Å². The lowest BCUT2D eigenvalue weighted by molar-refractivity contribution is -0.122. The Morgan fingerprint density at radius 1 is 1.41 bits per heavy atom. The van der Waals surface area contributed by atoms with Crippen LogP contribution in [0.1, 0.15) is 41.3 Å². The van der Waals surface area contributed by atoms with E-state index in [2.05, 4.69) is 20.6 Å². The first-order valence-electron chi connectivity index (χ1n) is 9.39. The van der Waals surface area contributed by atoms with E-state index in [1.165, 1.54) is 0 Å². The Morgan fingerprint density at radius 2 is 2.26 bits per heavy atom. The fourth-order valence-corrected chi connectivity index (χ4v) is 3.78. The van der Waals surface area contributed by atoms with E-state index in [1.807, 2.05) is 36.4 Å². The molecule has 6 heteroatoms. The molecule has 2 aliphatic heterocycles. The number of hydrogen-bond acceptors (Lipinski definition) is 4. The van der Waals surface area contributed by atoms with Crippen molar-refractivity contribution >= 4 is 11.7 Å². The van der Waals surface area contributed by atoms with Gasteiger partial charge in [-0.15, -0.1) is 0 Å². The van der Waals surface area contributed by atoms with Crippen LogP contribution < -0.4 is 10.6 Å². The number of fused-ring (bicyclic) bond motifs is 1. The average Bonchev–Trinajstić information content (AvgIpc) is 3.36. The number of aromatic nitrogens is 1. The number of ether oxygens (including phenoxy) is 1. The molecule has 140 valence electrons. The van der Waals surface area contributed by atoms with Gasteiger partial charge in [0.1, 0.15) is 5.84 Å². The number of amides is 1. The maximum atomic E-state index is 12.7. The molecule has 3 heterocycles. The topological polar surface area (TPSA) is 75.6 Å². The molecular formula is C21H24N4O2. The third-order valence-electron chi connectivity index (χ3n) is 5.12. The number of aliphatic imine (C=N–C) groups is 1. The molecule has 2 atom stereocenters. The molecule has 1 saturated heterocycles. The highest BCUT2D eigenvalue weighted by Gasteiger charge is 2.29. The summed E-state index contributed by atoms with van der Waals surface area (Å²) in [4.78, 5) is 21.4. The Kier molecular flexibility index (Phi) is 5.16. The van der Waals surface area contributed by atoms with E-state index >= 15 is 0 Å². The molecule has 6 nitrogen and oxygen atoms in total. The van der Waals surface area contributed by atoms with Gasteiger partial charge >= 0.3 is 0 Å². The quantitative estimate of drug-likeness (QED) is 0.852. The number of pyridine rings is 1. The molecule has 1 aromatic heterocycles. The summed E-state index contributed by atoms with van der Waals surface area (Å²) >= 11 is 0. The number of carbonyl (C=O) groups excluding carboxylic acids is 1. The van der Waals surface area contributed by atoms with Crippen LogP contribution in [0.4, 0.5) is 0 Å². The van der Waals surface area contributed by atoms with Crippen molar-refractivity contribution in [3.8, 4) is 0 Å². The summed E-state index contributed by atoms with van der Waals surface area (Å²) in [5.41, 5.74) is 3.99. The van der Waals surface area contributed by atoms with Gasteiger partial charge in [0.25, 0.3) is 0 Å². The first kappa shape index (κ1) is 17.7. The fourth-order valence-electron chi connectivity index (χ4n) is 3.78. The Morgan fingerprint density at radius 3 is 3.00 bits per heavy atom. The van der Waals surface area contributed by atoms with Crippen LogP contribution >= 0.6 is 0 Å². The third kappa shape index (κ3) is 3.85. The van der Waals surface area contributed by atoms with E-state index < -0.39 is 0 Å². The summed E-state index contributed by atoms with van der Waals surface area (Å²) in [5, 5.41) is 6.40. The van der Waals surface area contributed by atoms with Gasteiger partial charge in [-0.1, -0.05) is 30.3 Å². The van der Waals surface area contributed by atoms with Crippen LogP contribution in [0, 0.1) is 0 Å². The number of benzene rings is 1. The zero-order valence-electron chi connectivity index (χ0n) is 15.4. The lowest BCUT2D eigenvalue weighted by Gasteiger charge is -2.24. The Balaban J connectivity index is 1.47. The minimum Gasteiger partial charge on any atom is -0.376 e. The fraction of sp³-hybridized carbons (Fsp3) is 0.381. The van der Waals surface area contributed by atoms with Gasteiger partial charge in [0.15, 0.2) is 0 Å². The van der Waals surface area contributed by atoms with Crippen molar-refractivity contribution in [1.29, 1.82) is 0 Å². The average molecular weight is 364 g/mol. The molecule has 0 saturated carbocycles. The van der Waals surface area contributed by atoms with E-state index in [0.29, 0.717) is 0 Å². The minimum absolute atomic E-state index is 0.0249. The lowest BCUT2D eigenvalue weighted by atomic mass is 9.99. The predicted molar refractivity (Wildman–Crippen MR) is 104 cm³/mol. The highest BCUT2D eigenvalue weighted by atomic mass is 16.5. The van der Waals surface area contributed by atoms with E-state index in [-0.39, 0.29) is 24.5 Å². The number of rotatable bonds is 5. The highest BCUT2D eigenvalue weighted by Crippen LogP contribution is 2.27. The van der Waals surface area contributed by atoms with E-state index in [0.717, 1.165) is 54.2 Å². The van der Waals surface area contributed by atoms with Gasteiger partial charge in [-0.3, -0.25) is 14.8 Å². The van der Waals surface area contributed by atoms with Crippen LogP contribution in [-0.4, -0.2) is 36.5 Å². The van der Waals surface area contributed by atoms with Crippen LogP contribution in [0.2, 0.25) is 0 Å². The molecule has 0 aliphatic carbocycles. The zero-order valence-corrected chi connectivity index (χ0v) is 15.4. The van der Waals surface area contributed by atoms with Crippen molar-refractivity contribution < 1.29 is 9.53 Å². The van der Waals surface area contributed by atoms with E-state index in [4.69, 9.17) is 4.74 Å². The molecule has 0 radical (unpaired) electrons. The Hall–Kier alpha value is -2.73. The second-order valence-electron chi connectivity index (χ2n) is 6.94. The van der Waals surface area contributed by atoms with Crippen LogP contribution in [0.15, 0.2) is 47.6 Å². The summed E-state index contributed by atoms with van der Waals surface area (Å²) in [5.74, 6) is 0.818. The maximum absolute atomic E-state index is 12.7. The van der Waals surface area contributed by atoms with Crippen molar-refractivity contribution in [2.24, 2.45) is 4.99 Å². The first-order valence-corrected chi connectivity index (χ1v) is 9.39. The molecule has 0 spiro atoms. The van der Waals surface area contributed by atoms with Crippen molar-refractivity contribution in [3.63, 3.8) is 0 Å². The van der Waals surface area contributed by atoms with E-state index in [9.17, 15) is 4.79 Å². The number of nitrogens with zero attached hydrogens (tertiary/aromatic N) is 2. The van der Waals surface area contributed by atoms with Gasteiger partial charge in [0.2, 0.25) is 5.91 Å². The molecule has 27 heavy (non-hydrogen) atoms. The van der Waals surface area contributed by atoms with Crippen LogP contribution in [0.3, 0.4) is 0 Å². The molecule has 1 aromatic carbocycles. The Labute approximate surface area is 159 Å². The summed E-state index contributed by atoms with van der Waals surface area (Å²) in [6.45, 7) is 1.48. The third-order valence-corrected chi connectivity index (χ3v) is 5.12. The SMILES string of the molecule is CN=C1NCc2cc(CC(=O)N[C@@H](c3ccccc3)[C@@H]3CCCO3)ncc21. The summed E-state index contributed by atoms with van der Waals surface area (Å²) in [7, 11) is 1.76. The molecule has 2 aliphatic rings. The highest BCUT2D eigenvalue weighted by molar-refractivity contribution is 6.02. The summed E-state index contributed by atoms with van der Waals surface area (Å²) in [6, 6.07) is 11.9. The van der Waals surface area contributed by atoms with Crippen molar-refractivity contribution in [2.45, 2.75) is 38.0 Å². The summed E-state index contributed by atoms with van der Waals surface area (Å²) in [6.07, 6.45) is 4.07. The normalized spacial score (nSPS) is 20.9. The van der Waals surface area contributed by atoms with Crippen LogP contribution in [0.5, 0.6) is 0 Å². The maximum Gasteiger partial charge on any atom is 0.226 e. The number of amidine groups is 1. The zero-order chi connectivity index (χ0) is 18.6. The monoisotopic (exact) mass is 364 g/mol. The first-order chi connectivity index (χ1) is 13.2. The largest absolute Gasteiger partial charge is 0.376 e. The molecular weight excluding hydrogens is 340 g/mol. The second-order valence-corrected chi connectivity index (χ2v) is 6.94.